The van der Waals surface area contributed by atoms with E-state index in [-0.39, 0.29) is 17.1 Å². The third-order valence-electron chi connectivity index (χ3n) is 4.04. The average Bonchev–Trinajstić information content (AvgIpc) is 2.69. The van der Waals surface area contributed by atoms with Gasteiger partial charge < -0.3 is 37.2 Å². The van der Waals surface area contributed by atoms with E-state index < -0.39 is 18.0 Å². The molecule has 0 fully saturated rings. The van der Waals surface area contributed by atoms with Gasteiger partial charge in [0.2, 0.25) is 0 Å². The van der Waals surface area contributed by atoms with E-state index in [1.807, 2.05) is 0 Å². The SMILES string of the molecule is NCCCCC(N)C(=O)O.O=C(O)c1ccc(NCc2cc(Br)ccc2O)cc1O. The monoisotopic (exact) mass is 483 g/mol. The number of nitrogens with two attached hydrogens (primary N) is 2. The normalized spacial score (nSPS) is 11.2. The lowest BCUT2D eigenvalue weighted by molar-refractivity contribution is -0.138. The van der Waals surface area contributed by atoms with Crippen LogP contribution < -0.4 is 16.8 Å². The Morgan fingerprint density at radius 2 is 1.73 bits per heavy atom. The number of rotatable bonds is 9. The van der Waals surface area contributed by atoms with Gasteiger partial charge in [-0.05, 0) is 49.7 Å². The van der Waals surface area contributed by atoms with Crippen LogP contribution in [0.4, 0.5) is 5.69 Å². The molecule has 0 heterocycles. The first-order valence-corrected chi connectivity index (χ1v) is 9.91. The van der Waals surface area contributed by atoms with Gasteiger partial charge in [0.25, 0.3) is 0 Å². The molecule has 0 radical (unpaired) electrons. The molecule has 0 aliphatic rings. The highest BCUT2D eigenvalue weighted by Gasteiger charge is 2.10. The second kappa shape index (κ2) is 12.7. The van der Waals surface area contributed by atoms with E-state index in [1.54, 1.807) is 24.3 Å². The van der Waals surface area contributed by atoms with Gasteiger partial charge in [0, 0.05) is 28.3 Å². The van der Waals surface area contributed by atoms with Crippen molar-refractivity contribution in [3.8, 4) is 11.5 Å². The van der Waals surface area contributed by atoms with E-state index in [4.69, 9.17) is 21.7 Å². The number of phenolic OH excluding ortho intramolecular Hbond substituents is 1. The number of benzene rings is 2. The van der Waals surface area contributed by atoms with Gasteiger partial charge in [-0.2, -0.15) is 0 Å². The smallest absolute Gasteiger partial charge is 0.339 e. The number of halogens is 1. The molecule has 0 aliphatic carbocycles. The van der Waals surface area contributed by atoms with Crippen LogP contribution in [0.25, 0.3) is 0 Å². The molecule has 0 aromatic heterocycles. The highest BCUT2D eigenvalue weighted by atomic mass is 79.9. The summed E-state index contributed by atoms with van der Waals surface area (Å²) in [6.07, 6.45) is 2.16. The summed E-state index contributed by atoms with van der Waals surface area (Å²) in [6, 6.07) is 8.57. The Hall–Kier alpha value is -2.82. The van der Waals surface area contributed by atoms with Gasteiger partial charge in [-0.25, -0.2) is 4.79 Å². The van der Waals surface area contributed by atoms with Crippen LogP contribution in [0.2, 0.25) is 0 Å². The van der Waals surface area contributed by atoms with Crippen LogP contribution in [-0.4, -0.2) is 45.0 Å². The van der Waals surface area contributed by atoms with Crippen LogP contribution in [0.15, 0.2) is 40.9 Å². The van der Waals surface area contributed by atoms with Crippen LogP contribution in [0.1, 0.15) is 35.2 Å². The molecule has 10 heteroatoms. The molecule has 9 nitrogen and oxygen atoms in total. The molecule has 0 bridgehead atoms. The van der Waals surface area contributed by atoms with E-state index in [9.17, 15) is 19.8 Å². The number of carbonyl (C=O) groups is 2. The lowest BCUT2D eigenvalue weighted by Gasteiger charge is -2.10. The molecule has 0 amide bonds. The van der Waals surface area contributed by atoms with Crippen LogP contribution in [0, 0.1) is 0 Å². The van der Waals surface area contributed by atoms with Gasteiger partial charge in [0.05, 0.1) is 0 Å². The van der Waals surface area contributed by atoms with Gasteiger partial charge in [-0.15, -0.1) is 0 Å². The second-order valence-corrected chi connectivity index (χ2v) is 7.31. The first kappa shape index (κ1) is 25.2. The molecule has 0 spiro atoms. The predicted octanol–water partition coefficient (Wildman–Crippen LogP) is 2.70. The molecule has 164 valence electrons. The molecule has 0 saturated heterocycles. The van der Waals surface area contributed by atoms with E-state index in [0.29, 0.717) is 30.8 Å². The van der Waals surface area contributed by atoms with Crippen LogP contribution >= 0.6 is 15.9 Å². The minimum absolute atomic E-state index is 0.152. The standard InChI is InChI=1S/C14H12BrNO4.C6H14N2O2/c15-9-1-4-12(17)8(5-9)7-16-10-2-3-11(14(19)20)13(18)6-10;7-4-2-1-3-5(8)6(9)10/h1-6,16-18H,7H2,(H,19,20);5H,1-4,7-8H2,(H,9,10). The fraction of sp³-hybridized carbons (Fsp3) is 0.300. The zero-order valence-electron chi connectivity index (χ0n) is 16.2. The molecule has 0 saturated carbocycles. The summed E-state index contributed by atoms with van der Waals surface area (Å²) in [6.45, 7) is 0.948. The highest BCUT2D eigenvalue weighted by molar-refractivity contribution is 9.10. The van der Waals surface area contributed by atoms with Crippen molar-refractivity contribution in [1.29, 1.82) is 0 Å². The fourth-order valence-corrected chi connectivity index (χ4v) is 2.76. The third kappa shape index (κ3) is 8.68. The number of hydrogen-bond acceptors (Lipinski definition) is 7. The van der Waals surface area contributed by atoms with Crippen molar-refractivity contribution in [2.45, 2.75) is 31.8 Å². The number of carboxylic acids is 2. The molecule has 2 aromatic carbocycles. The number of hydrogen-bond donors (Lipinski definition) is 7. The zero-order chi connectivity index (χ0) is 22.7. The molecule has 1 atom stereocenters. The number of carboxylic acid groups (broad SMARTS) is 2. The summed E-state index contributed by atoms with van der Waals surface area (Å²) < 4.78 is 0.844. The Balaban J connectivity index is 0.000000382. The molecule has 30 heavy (non-hydrogen) atoms. The molecular formula is C20H26BrN3O6. The number of aliphatic carboxylic acids is 1. The van der Waals surface area contributed by atoms with Crippen molar-refractivity contribution in [1.82, 2.24) is 0 Å². The van der Waals surface area contributed by atoms with Crippen molar-refractivity contribution in [3.05, 3.63) is 52.0 Å². The van der Waals surface area contributed by atoms with E-state index in [2.05, 4.69) is 21.2 Å². The lowest BCUT2D eigenvalue weighted by Crippen LogP contribution is -2.29. The van der Waals surface area contributed by atoms with Crippen molar-refractivity contribution in [3.63, 3.8) is 0 Å². The summed E-state index contributed by atoms with van der Waals surface area (Å²) in [4.78, 5) is 20.9. The summed E-state index contributed by atoms with van der Waals surface area (Å²) in [5.41, 5.74) is 11.5. The van der Waals surface area contributed by atoms with Crippen molar-refractivity contribution in [2.75, 3.05) is 11.9 Å². The maximum absolute atomic E-state index is 10.8. The average molecular weight is 484 g/mol. The summed E-state index contributed by atoms with van der Waals surface area (Å²) in [7, 11) is 0. The number of nitrogens with one attached hydrogen (secondary N) is 1. The van der Waals surface area contributed by atoms with E-state index in [0.717, 1.165) is 17.3 Å². The summed E-state index contributed by atoms with van der Waals surface area (Å²) >= 11 is 3.32. The number of unbranched alkanes of at least 4 members (excludes halogenated alkanes) is 1. The number of aromatic carboxylic acids is 1. The Bertz CT molecular complexity index is 862. The lowest BCUT2D eigenvalue weighted by atomic mass is 10.1. The number of phenols is 2. The summed E-state index contributed by atoms with van der Waals surface area (Å²) in [5.74, 6) is -2.26. The van der Waals surface area contributed by atoms with Gasteiger partial charge >= 0.3 is 11.9 Å². The molecule has 2 aromatic rings. The molecule has 0 aliphatic heterocycles. The third-order valence-corrected chi connectivity index (χ3v) is 4.53. The van der Waals surface area contributed by atoms with Crippen LogP contribution in [-0.2, 0) is 11.3 Å². The quantitative estimate of drug-likeness (QED) is 0.264. The number of aromatic hydroxyl groups is 2. The van der Waals surface area contributed by atoms with E-state index >= 15 is 0 Å². The second-order valence-electron chi connectivity index (χ2n) is 6.39. The van der Waals surface area contributed by atoms with Crippen molar-refractivity contribution < 1.29 is 30.0 Å². The van der Waals surface area contributed by atoms with Crippen molar-refractivity contribution in [2.24, 2.45) is 11.5 Å². The topological polar surface area (TPSA) is 179 Å². The number of anilines is 1. The Morgan fingerprint density at radius 3 is 2.30 bits per heavy atom. The minimum Gasteiger partial charge on any atom is -0.508 e. The molecule has 2 rings (SSSR count). The van der Waals surface area contributed by atoms with Gasteiger partial charge in [-0.3, -0.25) is 4.79 Å². The Morgan fingerprint density at radius 1 is 1.03 bits per heavy atom. The largest absolute Gasteiger partial charge is 0.508 e. The van der Waals surface area contributed by atoms with Gasteiger partial charge in [0.15, 0.2) is 0 Å². The Labute approximate surface area is 182 Å². The van der Waals surface area contributed by atoms with Crippen LogP contribution in [0.3, 0.4) is 0 Å². The summed E-state index contributed by atoms with van der Waals surface area (Å²) in [5, 5.41) is 39.4. The first-order valence-electron chi connectivity index (χ1n) is 9.11. The maximum Gasteiger partial charge on any atom is 0.339 e. The molecule has 1 unspecified atom stereocenters. The van der Waals surface area contributed by atoms with E-state index in [1.165, 1.54) is 12.1 Å². The fourth-order valence-electron chi connectivity index (χ4n) is 2.35. The molecule has 9 N–H and O–H groups in total. The Kier molecular flexibility index (Phi) is 10.7. The van der Waals surface area contributed by atoms with Gasteiger partial charge in [-0.1, -0.05) is 22.4 Å². The first-order chi connectivity index (χ1) is 14.1. The maximum atomic E-state index is 10.8. The van der Waals surface area contributed by atoms with Crippen molar-refractivity contribution >= 4 is 33.6 Å². The zero-order valence-corrected chi connectivity index (χ0v) is 17.8. The predicted molar refractivity (Wildman–Crippen MR) is 117 cm³/mol. The minimum atomic E-state index is -1.18. The molecular weight excluding hydrogens is 458 g/mol. The van der Waals surface area contributed by atoms with Crippen LogP contribution in [0.5, 0.6) is 11.5 Å². The van der Waals surface area contributed by atoms with Gasteiger partial charge in [0.1, 0.15) is 23.1 Å². The highest BCUT2D eigenvalue weighted by Crippen LogP contribution is 2.25.